The summed E-state index contributed by atoms with van der Waals surface area (Å²) in [6.45, 7) is 1.92. The first-order chi connectivity index (χ1) is 13.7. The Morgan fingerprint density at radius 3 is 2.86 bits per heavy atom. The molecule has 3 aromatic heterocycles. The van der Waals surface area contributed by atoms with Gasteiger partial charge in [-0.1, -0.05) is 18.2 Å². The van der Waals surface area contributed by atoms with E-state index in [1.54, 1.807) is 11.3 Å². The Morgan fingerprint density at radius 2 is 2.04 bits per heavy atom. The van der Waals surface area contributed by atoms with Crippen LogP contribution in [0.1, 0.15) is 6.42 Å². The van der Waals surface area contributed by atoms with Gasteiger partial charge in [-0.2, -0.15) is 4.98 Å². The topological polar surface area (TPSA) is 66.0 Å². The molecule has 4 rings (SSSR count). The van der Waals surface area contributed by atoms with Crippen molar-refractivity contribution in [3.8, 4) is 10.4 Å². The van der Waals surface area contributed by atoms with Crippen LogP contribution in [0.4, 0.5) is 11.8 Å². The number of pyridine rings is 1. The molecule has 2 N–H and O–H groups in total. The fraction of sp³-hybridized carbons (Fsp3) is 0.286. The molecule has 0 spiro atoms. The number of fused-ring (bicyclic) bond motifs is 2. The van der Waals surface area contributed by atoms with Crippen LogP contribution in [0.3, 0.4) is 0 Å². The highest BCUT2D eigenvalue weighted by Gasteiger charge is 2.14. The number of hydrogen-bond donors (Lipinski definition) is 2. The first-order valence-corrected chi connectivity index (χ1v) is 10.2. The van der Waals surface area contributed by atoms with Crippen LogP contribution in [0, 0.1) is 0 Å². The summed E-state index contributed by atoms with van der Waals surface area (Å²) < 4.78 is 1.09. The first-order valence-electron chi connectivity index (χ1n) is 9.37. The zero-order valence-corrected chi connectivity index (χ0v) is 17.2. The number of rotatable bonds is 7. The average molecular weight is 393 g/mol. The standard InChI is InChI=1S/C21H24N6S/c1-22-21-25-17-12-18(16-7-4-6-14-13-23-10-8-15(14)16)28-19(17)20(26-21)24-9-5-11-27(2)3/h4,6-8,10,12-13H,5,9,11H2,1-3H3,(H2,22,24,25,26). The summed E-state index contributed by atoms with van der Waals surface area (Å²) in [4.78, 5) is 16.9. The third kappa shape index (κ3) is 3.76. The zero-order valence-electron chi connectivity index (χ0n) is 16.4. The summed E-state index contributed by atoms with van der Waals surface area (Å²) in [6.07, 6.45) is 4.81. The average Bonchev–Trinajstić information content (AvgIpc) is 3.14. The van der Waals surface area contributed by atoms with Crippen molar-refractivity contribution in [2.24, 2.45) is 0 Å². The van der Waals surface area contributed by atoms with E-state index in [4.69, 9.17) is 0 Å². The van der Waals surface area contributed by atoms with Gasteiger partial charge in [0.1, 0.15) is 5.82 Å². The summed E-state index contributed by atoms with van der Waals surface area (Å²) in [7, 11) is 6.03. The number of hydrogen-bond acceptors (Lipinski definition) is 7. The van der Waals surface area contributed by atoms with Crippen molar-refractivity contribution < 1.29 is 0 Å². The fourth-order valence-electron chi connectivity index (χ4n) is 3.23. The lowest BCUT2D eigenvalue weighted by atomic mass is 10.1. The summed E-state index contributed by atoms with van der Waals surface area (Å²) in [6, 6.07) is 10.6. The van der Waals surface area contributed by atoms with E-state index in [-0.39, 0.29) is 0 Å². The highest BCUT2D eigenvalue weighted by molar-refractivity contribution is 7.22. The summed E-state index contributed by atoms with van der Waals surface area (Å²) >= 11 is 1.73. The molecule has 0 amide bonds. The van der Waals surface area contributed by atoms with Crippen LogP contribution in [0.5, 0.6) is 0 Å². The van der Waals surface area contributed by atoms with Gasteiger partial charge in [0.2, 0.25) is 5.95 Å². The first kappa shape index (κ1) is 18.6. The van der Waals surface area contributed by atoms with Crippen LogP contribution in [0.25, 0.3) is 31.4 Å². The second-order valence-electron chi connectivity index (χ2n) is 6.96. The highest BCUT2D eigenvalue weighted by Crippen LogP contribution is 2.39. The van der Waals surface area contributed by atoms with E-state index in [1.807, 2.05) is 19.4 Å². The number of aromatic nitrogens is 3. The molecule has 0 unspecified atom stereocenters. The number of nitrogens with one attached hydrogen (secondary N) is 2. The van der Waals surface area contributed by atoms with Crippen molar-refractivity contribution in [2.45, 2.75) is 6.42 Å². The van der Waals surface area contributed by atoms with Crippen molar-refractivity contribution in [1.82, 2.24) is 19.9 Å². The van der Waals surface area contributed by atoms with Crippen molar-refractivity contribution in [3.05, 3.63) is 42.7 Å². The SMILES string of the molecule is CNc1nc(NCCCN(C)C)c2sc(-c3cccc4cnccc34)cc2n1. The van der Waals surface area contributed by atoms with E-state index in [0.717, 1.165) is 40.9 Å². The van der Waals surface area contributed by atoms with Gasteiger partial charge in [0.05, 0.1) is 10.2 Å². The van der Waals surface area contributed by atoms with E-state index in [2.05, 4.69) is 74.9 Å². The van der Waals surface area contributed by atoms with Crippen LogP contribution in [-0.2, 0) is 0 Å². The maximum atomic E-state index is 4.66. The molecule has 0 saturated heterocycles. The molecule has 0 bridgehead atoms. The summed E-state index contributed by atoms with van der Waals surface area (Å²) in [5, 5.41) is 8.92. The normalized spacial score (nSPS) is 11.4. The summed E-state index contributed by atoms with van der Waals surface area (Å²) in [5.41, 5.74) is 2.16. The molecule has 1 aromatic carbocycles. The van der Waals surface area contributed by atoms with Crippen LogP contribution in [0.15, 0.2) is 42.7 Å². The molecule has 7 heteroatoms. The molecule has 144 valence electrons. The Labute approximate surface area is 168 Å². The molecule has 0 aliphatic rings. The number of benzene rings is 1. The number of nitrogens with zero attached hydrogens (tertiary/aromatic N) is 4. The molecular formula is C21H24N6S. The van der Waals surface area contributed by atoms with Crippen LogP contribution in [0.2, 0.25) is 0 Å². The van der Waals surface area contributed by atoms with Gasteiger partial charge < -0.3 is 15.5 Å². The molecule has 3 heterocycles. The minimum atomic E-state index is 0.633. The Morgan fingerprint density at radius 1 is 1.14 bits per heavy atom. The molecule has 0 fully saturated rings. The molecule has 0 saturated carbocycles. The Bertz CT molecular complexity index is 1100. The van der Waals surface area contributed by atoms with Gasteiger partial charge >= 0.3 is 0 Å². The molecule has 0 aliphatic heterocycles. The highest BCUT2D eigenvalue weighted by atomic mass is 32.1. The molecule has 0 aliphatic carbocycles. The van der Waals surface area contributed by atoms with E-state index in [1.165, 1.54) is 15.8 Å². The van der Waals surface area contributed by atoms with Crippen molar-refractivity contribution >= 4 is 44.1 Å². The Hall–Kier alpha value is -2.77. The van der Waals surface area contributed by atoms with Gasteiger partial charge in [-0.3, -0.25) is 4.98 Å². The van der Waals surface area contributed by atoms with Crippen molar-refractivity contribution in [2.75, 3.05) is 44.9 Å². The van der Waals surface area contributed by atoms with Crippen molar-refractivity contribution in [3.63, 3.8) is 0 Å². The summed E-state index contributed by atoms with van der Waals surface area (Å²) in [5.74, 6) is 1.53. The molecular weight excluding hydrogens is 368 g/mol. The lowest BCUT2D eigenvalue weighted by Crippen LogP contribution is -2.16. The van der Waals surface area contributed by atoms with Crippen LogP contribution < -0.4 is 10.6 Å². The number of anilines is 2. The van der Waals surface area contributed by atoms with Gasteiger partial charge in [-0.25, -0.2) is 4.98 Å². The Balaban J connectivity index is 1.74. The lowest BCUT2D eigenvalue weighted by molar-refractivity contribution is 0.405. The predicted molar refractivity (Wildman–Crippen MR) is 119 cm³/mol. The third-order valence-electron chi connectivity index (χ3n) is 4.62. The second kappa shape index (κ2) is 8.08. The smallest absolute Gasteiger partial charge is 0.225 e. The van der Waals surface area contributed by atoms with Gasteiger partial charge in [0.15, 0.2) is 0 Å². The number of thiophene rings is 1. The van der Waals surface area contributed by atoms with E-state index in [9.17, 15) is 0 Å². The largest absolute Gasteiger partial charge is 0.369 e. The molecule has 0 radical (unpaired) electrons. The van der Waals surface area contributed by atoms with Crippen LogP contribution >= 0.6 is 11.3 Å². The zero-order chi connectivity index (χ0) is 19.5. The molecule has 4 aromatic rings. The van der Waals surface area contributed by atoms with Crippen LogP contribution in [-0.4, -0.2) is 54.1 Å². The molecule has 28 heavy (non-hydrogen) atoms. The van der Waals surface area contributed by atoms with Crippen molar-refractivity contribution in [1.29, 1.82) is 0 Å². The van der Waals surface area contributed by atoms with E-state index < -0.39 is 0 Å². The lowest BCUT2D eigenvalue weighted by Gasteiger charge is -2.11. The quantitative estimate of drug-likeness (QED) is 0.457. The van der Waals surface area contributed by atoms with Gasteiger partial charge in [0.25, 0.3) is 0 Å². The maximum absolute atomic E-state index is 4.66. The predicted octanol–water partition coefficient (Wildman–Crippen LogP) is 4.31. The minimum absolute atomic E-state index is 0.633. The second-order valence-corrected chi connectivity index (χ2v) is 8.01. The van der Waals surface area contributed by atoms with Gasteiger partial charge in [-0.05, 0) is 50.1 Å². The fourth-order valence-corrected chi connectivity index (χ4v) is 4.34. The van der Waals surface area contributed by atoms with Gasteiger partial charge in [0, 0.05) is 36.2 Å². The van der Waals surface area contributed by atoms with E-state index >= 15 is 0 Å². The Kier molecular flexibility index (Phi) is 5.36. The van der Waals surface area contributed by atoms with E-state index in [0.29, 0.717) is 5.95 Å². The maximum Gasteiger partial charge on any atom is 0.225 e. The monoisotopic (exact) mass is 392 g/mol. The third-order valence-corrected chi connectivity index (χ3v) is 5.78. The molecule has 6 nitrogen and oxygen atoms in total. The van der Waals surface area contributed by atoms with Gasteiger partial charge in [-0.15, -0.1) is 11.3 Å². The molecule has 0 atom stereocenters. The minimum Gasteiger partial charge on any atom is -0.369 e.